The average molecular weight is 405 g/mol. The number of hydrogen-bond acceptors (Lipinski definition) is 3. The van der Waals surface area contributed by atoms with Gasteiger partial charge in [-0.05, 0) is 68.3 Å². The Morgan fingerprint density at radius 3 is 2.32 bits per heavy atom. The Labute approximate surface area is 158 Å². The molecule has 0 aliphatic rings. The Kier molecular flexibility index (Phi) is 6.62. The number of carbonyl (C=O) groups is 1. The monoisotopic (exact) mass is 404 g/mol. The first kappa shape index (κ1) is 19.5. The molecular weight excluding hydrogens is 380 g/mol. The van der Waals surface area contributed by atoms with Crippen LogP contribution in [0.3, 0.4) is 0 Å². The number of nitrogens with one attached hydrogen (secondary N) is 1. The standard InChI is InChI=1S/C20H25BrN2O2/c1-13-10-17(21)6-7-18(13)22-19(24)12-23(4)11-16-8-14(2)20(25-5)15(3)9-16/h6-10H,11-12H2,1-5H3,(H,22,24). The molecule has 4 nitrogen and oxygen atoms in total. The fourth-order valence-corrected chi connectivity index (χ4v) is 3.50. The first-order valence-electron chi connectivity index (χ1n) is 8.18. The van der Waals surface area contributed by atoms with Crippen molar-refractivity contribution in [3.63, 3.8) is 0 Å². The zero-order chi connectivity index (χ0) is 18.6. The highest BCUT2D eigenvalue weighted by molar-refractivity contribution is 9.10. The normalized spacial score (nSPS) is 10.8. The van der Waals surface area contributed by atoms with E-state index in [1.807, 2.05) is 50.9 Å². The molecule has 0 heterocycles. The highest BCUT2D eigenvalue weighted by Crippen LogP contribution is 2.25. The Morgan fingerprint density at radius 1 is 1.12 bits per heavy atom. The van der Waals surface area contributed by atoms with Crippen LogP contribution in [-0.2, 0) is 11.3 Å². The molecule has 0 bridgehead atoms. The maximum Gasteiger partial charge on any atom is 0.238 e. The number of anilines is 1. The van der Waals surface area contributed by atoms with Crippen molar-refractivity contribution in [3.05, 3.63) is 57.1 Å². The van der Waals surface area contributed by atoms with Gasteiger partial charge in [-0.15, -0.1) is 0 Å². The Bertz CT molecular complexity index is 751. The number of ether oxygens (including phenoxy) is 1. The van der Waals surface area contributed by atoms with E-state index >= 15 is 0 Å². The summed E-state index contributed by atoms with van der Waals surface area (Å²) in [5.74, 6) is 0.907. The molecule has 0 atom stereocenters. The van der Waals surface area contributed by atoms with Crippen LogP contribution in [0.25, 0.3) is 0 Å². The van der Waals surface area contributed by atoms with Crippen molar-refractivity contribution < 1.29 is 9.53 Å². The molecule has 0 unspecified atom stereocenters. The van der Waals surface area contributed by atoms with Crippen LogP contribution in [0.4, 0.5) is 5.69 Å². The highest BCUT2D eigenvalue weighted by Gasteiger charge is 2.11. The Morgan fingerprint density at radius 2 is 1.76 bits per heavy atom. The van der Waals surface area contributed by atoms with E-state index < -0.39 is 0 Å². The molecule has 2 aromatic rings. The van der Waals surface area contributed by atoms with Gasteiger partial charge in [-0.1, -0.05) is 28.1 Å². The zero-order valence-electron chi connectivity index (χ0n) is 15.4. The number of halogens is 1. The summed E-state index contributed by atoms with van der Waals surface area (Å²) in [4.78, 5) is 14.3. The molecule has 0 aliphatic carbocycles. The number of methoxy groups -OCH3 is 1. The van der Waals surface area contributed by atoms with Crippen LogP contribution < -0.4 is 10.1 Å². The van der Waals surface area contributed by atoms with Crippen molar-refractivity contribution in [2.45, 2.75) is 27.3 Å². The van der Waals surface area contributed by atoms with Gasteiger partial charge in [0.25, 0.3) is 0 Å². The molecule has 1 N–H and O–H groups in total. The number of hydrogen-bond donors (Lipinski definition) is 1. The number of amides is 1. The van der Waals surface area contributed by atoms with E-state index in [0.717, 1.165) is 32.6 Å². The van der Waals surface area contributed by atoms with Gasteiger partial charge in [0.1, 0.15) is 5.75 Å². The molecule has 5 heteroatoms. The fraction of sp³-hybridized carbons (Fsp3) is 0.350. The molecular formula is C20H25BrN2O2. The minimum Gasteiger partial charge on any atom is -0.496 e. The van der Waals surface area contributed by atoms with Crippen LogP contribution >= 0.6 is 15.9 Å². The molecule has 0 aromatic heterocycles. The van der Waals surface area contributed by atoms with Gasteiger partial charge in [-0.2, -0.15) is 0 Å². The van der Waals surface area contributed by atoms with Crippen molar-refractivity contribution in [1.82, 2.24) is 4.90 Å². The lowest BCUT2D eigenvalue weighted by atomic mass is 10.1. The molecule has 25 heavy (non-hydrogen) atoms. The van der Waals surface area contributed by atoms with Crippen LogP contribution in [0.1, 0.15) is 22.3 Å². The van der Waals surface area contributed by atoms with E-state index in [1.54, 1.807) is 7.11 Å². The lowest BCUT2D eigenvalue weighted by molar-refractivity contribution is -0.117. The molecule has 2 aromatic carbocycles. The van der Waals surface area contributed by atoms with Crippen LogP contribution in [0.5, 0.6) is 5.75 Å². The maximum atomic E-state index is 12.3. The van der Waals surface area contributed by atoms with Gasteiger partial charge in [0.05, 0.1) is 13.7 Å². The van der Waals surface area contributed by atoms with Crippen LogP contribution in [0.2, 0.25) is 0 Å². The minimum atomic E-state index is -0.0186. The summed E-state index contributed by atoms with van der Waals surface area (Å²) in [5, 5.41) is 2.97. The van der Waals surface area contributed by atoms with Crippen molar-refractivity contribution >= 4 is 27.5 Å². The van der Waals surface area contributed by atoms with E-state index in [-0.39, 0.29) is 5.91 Å². The number of nitrogens with zero attached hydrogens (tertiary/aromatic N) is 1. The molecule has 134 valence electrons. The lowest BCUT2D eigenvalue weighted by Crippen LogP contribution is -2.30. The largest absolute Gasteiger partial charge is 0.496 e. The number of carbonyl (C=O) groups excluding carboxylic acids is 1. The summed E-state index contributed by atoms with van der Waals surface area (Å²) in [5.41, 5.74) is 5.28. The number of aryl methyl sites for hydroxylation is 3. The Hall–Kier alpha value is -1.85. The summed E-state index contributed by atoms with van der Waals surface area (Å²) in [6.45, 7) is 7.10. The predicted octanol–water partition coefficient (Wildman–Crippen LogP) is 4.45. The summed E-state index contributed by atoms with van der Waals surface area (Å²) in [6, 6.07) is 10.0. The second kappa shape index (κ2) is 8.50. The predicted molar refractivity (Wildman–Crippen MR) is 106 cm³/mol. The van der Waals surface area contributed by atoms with E-state index in [1.165, 1.54) is 5.56 Å². The fourth-order valence-electron chi connectivity index (χ4n) is 3.02. The third-order valence-electron chi connectivity index (χ3n) is 4.05. The molecule has 0 fully saturated rings. The van der Waals surface area contributed by atoms with Gasteiger partial charge in [-0.3, -0.25) is 9.69 Å². The summed E-state index contributed by atoms with van der Waals surface area (Å²) >= 11 is 3.43. The molecule has 0 spiro atoms. The van der Waals surface area contributed by atoms with E-state index in [4.69, 9.17) is 4.74 Å². The third kappa shape index (κ3) is 5.31. The zero-order valence-corrected chi connectivity index (χ0v) is 17.0. The molecule has 0 aliphatic heterocycles. The number of rotatable bonds is 6. The highest BCUT2D eigenvalue weighted by atomic mass is 79.9. The van der Waals surface area contributed by atoms with Crippen molar-refractivity contribution in [2.24, 2.45) is 0 Å². The van der Waals surface area contributed by atoms with E-state index in [2.05, 4.69) is 33.4 Å². The van der Waals surface area contributed by atoms with Crippen molar-refractivity contribution in [1.29, 1.82) is 0 Å². The van der Waals surface area contributed by atoms with E-state index in [9.17, 15) is 4.79 Å². The van der Waals surface area contributed by atoms with Crippen molar-refractivity contribution in [2.75, 3.05) is 26.0 Å². The number of likely N-dealkylation sites (N-methyl/N-ethyl adjacent to an activating group) is 1. The van der Waals surface area contributed by atoms with Gasteiger partial charge >= 0.3 is 0 Å². The third-order valence-corrected chi connectivity index (χ3v) is 4.55. The first-order valence-corrected chi connectivity index (χ1v) is 8.98. The Balaban J connectivity index is 1.97. The molecule has 1 amide bonds. The number of benzene rings is 2. The van der Waals surface area contributed by atoms with E-state index in [0.29, 0.717) is 13.1 Å². The second-order valence-electron chi connectivity index (χ2n) is 6.44. The molecule has 2 rings (SSSR count). The van der Waals surface area contributed by atoms with Gasteiger partial charge in [-0.25, -0.2) is 0 Å². The molecule has 0 radical (unpaired) electrons. The molecule has 0 saturated carbocycles. The quantitative estimate of drug-likeness (QED) is 0.772. The average Bonchev–Trinajstić information content (AvgIpc) is 2.49. The van der Waals surface area contributed by atoms with Gasteiger partial charge < -0.3 is 10.1 Å². The smallest absolute Gasteiger partial charge is 0.238 e. The summed E-state index contributed by atoms with van der Waals surface area (Å²) < 4.78 is 6.41. The SMILES string of the molecule is COc1c(C)cc(CN(C)CC(=O)Nc2ccc(Br)cc2C)cc1C. The van der Waals surface area contributed by atoms with Gasteiger partial charge in [0.2, 0.25) is 5.91 Å². The van der Waals surface area contributed by atoms with Crippen molar-refractivity contribution in [3.8, 4) is 5.75 Å². The van der Waals surface area contributed by atoms with Crippen LogP contribution in [-0.4, -0.2) is 31.5 Å². The first-order chi connectivity index (χ1) is 11.8. The maximum absolute atomic E-state index is 12.3. The van der Waals surface area contributed by atoms with Gasteiger partial charge in [0, 0.05) is 16.7 Å². The van der Waals surface area contributed by atoms with Crippen LogP contribution in [0, 0.1) is 20.8 Å². The van der Waals surface area contributed by atoms with Crippen LogP contribution in [0.15, 0.2) is 34.8 Å². The van der Waals surface area contributed by atoms with Gasteiger partial charge in [0.15, 0.2) is 0 Å². The molecule has 0 saturated heterocycles. The minimum absolute atomic E-state index is 0.0186. The topological polar surface area (TPSA) is 41.6 Å². The summed E-state index contributed by atoms with van der Waals surface area (Å²) in [7, 11) is 3.64. The summed E-state index contributed by atoms with van der Waals surface area (Å²) in [6.07, 6.45) is 0. The lowest BCUT2D eigenvalue weighted by Gasteiger charge is -2.18. The second-order valence-corrected chi connectivity index (χ2v) is 7.36.